The van der Waals surface area contributed by atoms with E-state index in [4.69, 9.17) is 16.3 Å². The Kier molecular flexibility index (Phi) is 8.05. The average Bonchev–Trinajstić information content (AvgIpc) is 2.80. The fraction of sp³-hybridized carbons (Fsp3) is 0.273. The Balaban J connectivity index is 1.72. The van der Waals surface area contributed by atoms with Crippen molar-refractivity contribution in [1.82, 2.24) is 19.9 Å². The number of carbonyl (C=O) groups is 1. The normalized spacial score (nSPS) is 11.5. The van der Waals surface area contributed by atoms with E-state index >= 15 is 0 Å². The molecule has 2 heterocycles. The van der Waals surface area contributed by atoms with Gasteiger partial charge in [-0.25, -0.2) is 28.5 Å². The highest BCUT2D eigenvalue weighted by atomic mass is 35.5. The first kappa shape index (κ1) is 26.1. The third kappa shape index (κ3) is 6.53. The maximum absolute atomic E-state index is 13.2. The van der Waals surface area contributed by atoms with Gasteiger partial charge in [-0.3, -0.25) is 4.90 Å². The van der Waals surface area contributed by atoms with E-state index in [0.717, 1.165) is 24.0 Å². The Morgan fingerprint density at radius 1 is 1.06 bits per heavy atom. The highest BCUT2D eigenvalue weighted by Crippen LogP contribution is 2.32. The highest BCUT2D eigenvalue weighted by molar-refractivity contribution is 6.34. The molecule has 0 N–H and O–H groups in total. The maximum Gasteiger partial charge on any atom is 0.417 e. The number of hydrogen-bond acceptors (Lipinski definition) is 5. The van der Waals surface area contributed by atoms with Crippen LogP contribution in [0.15, 0.2) is 48.9 Å². The van der Waals surface area contributed by atoms with Gasteiger partial charge in [0.1, 0.15) is 22.8 Å². The quantitative estimate of drug-likeness (QED) is 0.361. The third-order valence-corrected chi connectivity index (χ3v) is 5.07. The van der Waals surface area contributed by atoms with Gasteiger partial charge in [0.05, 0.1) is 5.56 Å². The van der Waals surface area contributed by atoms with E-state index in [2.05, 4.69) is 15.0 Å². The van der Waals surface area contributed by atoms with E-state index in [1.807, 2.05) is 0 Å². The molecule has 1 aromatic carbocycles. The molecule has 0 radical (unpaired) electrons. The van der Waals surface area contributed by atoms with Crippen molar-refractivity contribution >= 4 is 23.4 Å². The molecule has 0 saturated heterocycles. The summed E-state index contributed by atoms with van der Waals surface area (Å²) in [4.78, 5) is 26.2. The van der Waals surface area contributed by atoms with E-state index in [1.54, 1.807) is 24.3 Å². The summed E-state index contributed by atoms with van der Waals surface area (Å²) >= 11 is 6.06. The fourth-order valence-corrected chi connectivity index (χ4v) is 3.22. The Bertz CT molecular complexity index is 1160. The SMILES string of the molecule is CN(C)C(=O)N(CCc1ccc(Oc2ccc(C(F)(F)F)cn2)cc1)c1ncnc(C(F)F)c1Cl. The van der Waals surface area contributed by atoms with Crippen LogP contribution in [0.25, 0.3) is 0 Å². The summed E-state index contributed by atoms with van der Waals surface area (Å²) in [6, 6.07) is 8.00. The van der Waals surface area contributed by atoms with Crippen LogP contribution in [0.5, 0.6) is 11.6 Å². The van der Waals surface area contributed by atoms with Crippen LogP contribution in [0.2, 0.25) is 5.02 Å². The first-order valence-electron chi connectivity index (χ1n) is 10.0. The second kappa shape index (κ2) is 10.8. The van der Waals surface area contributed by atoms with Crippen molar-refractivity contribution < 1.29 is 31.5 Å². The molecule has 3 aromatic rings. The van der Waals surface area contributed by atoms with Crippen LogP contribution in [0.3, 0.4) is 0 Å². The second-order valence-electron chi connectivity index (χ2n) is 7.40. The Morgan fingerprint density at radius 2 is 1.74 bits per heavy atom. The van der Waals surface area contributed by atoms with Crippen molar-refractivity contribution in [3.05, 3.63) is 70.8 Å². The van der Waals surface area contributed by atoms with Crippen LogP contribution in [-0.2, 0) is 12.6 Å². The number of urea groups is 1. The van der Waals surface area contributed by atoms with Gasteiger partial charge in [-0.05, 0) is 30.2 Å². The molecule has 2 amide bonds. The average molecular weight is 516 g/mol. The molecule has 0 spiro atoms. The van der Waals surface area contributed by atoms with Crippen molar-refractivity contribution in [1.29, 1.82) is 0 Å². The van der Waals surface area contributed by atoms with Crippen LogP contribution in [0.1, 0.15) is 23.2 Å². The fourth-order valence-electron chi connectivity index (χ4n) is 2.94. The molecule has 0 aliphatic heterocycles. The summed E-state index contributed by atoms with van der Waals surface area (Å²) < 4.78 is 69.8. The number of amides is 2. The molecule has 2 aromatic heterocycles. The highest BCUT2D eigenvalue weighted by Gasteiger charge is 2.30. The van der Waals surface area contributed by atoms with E-state index in [0.29, 0.717) is 18.4 Å². The molecule has 0 fully saturated rings. The molecule has 3 rings (SSSR count). The first-order chi connectivity index (χ1) is 16.5. The van der Waals surface area contributed by atoms with Gasteiger partial charge in [-0.15, -0.1) is 0 Å². The third-order valence-electron chi connectivity index (χ3n) is 4.71. The molecule has 13 heteroatoms. The number of hydrogen-bond donors (Lipinski definition) is 0. The molecule has 0 unspecified atom stereocenters. The number of anilines is 1. The molecule has 186 valence electrons. The van der Waals surface area contributed by atoms with E-state index in [-0.39, 0.29) is 18.2 Å². The molecule has 0 aliphatic carbocycles. The zero-order chi connectivity index (χ0) is 25.8. The zero-order valence-corrected chi connectivity index (χ0v) is 19.2. The molecule has 0 atom stereocenters. The largest absolute Gasteiger partial charge is 0.439 e. The lowest BCUT2D eigenvalue weighted by Gasteiger charge is -2.26. The van der Waals surface area contributed by atoms with Crippen LogP contribution in [-0.4, -0.2) is 46.5 Å². The number of ether oxygens (including phenoxy) is 1. The minimum Gasteiger partial charge on any atom is -0.439 e. The Hall–Kier alpha value is -3.54. The van der Waals surface area contributed by atoms with Crippen LogP contribution in [0, 0.1) is 0 Å². The minimum atomic E-state index is -4.49. The van der Waals surface area contributed by atoms with Gasteiger partial charge in [0.2, 0.25) is 5.88 Å². The van der Waals surface area contributed by atoms with Crippen LogP contribution in [0.4, 0.5) is 32.6 Å². The molecular formula is C22H19ClF5N5O2. The molecule has 0 saturated carbocycles. The van der Waals surface area contributed by atoms with Gasteiger partial charge in [-0.1, -0.05) is 23.7 Å². The minimum absolute atomic E-state index is 0.0123. The van der Waals surface area contributed by atoms with Gasteiger partial charge in [0.25, 0.3) is 6.43 Å². The van der Waals surface area contributed by atoms with Gasteiger partial charge >= 0.3 is 12.2 Å². The summed E-state index contributed by atoms with van der Waals surface area (Å²) in [7, 11) is 3.00. The number of aromatic nitrogens is 3. The lowest BCUT2D eigenvalue weighted by Crippen LogP contribution is -2.41. The summed E-state index contributed by atoms with van der Waals surface area (Å²) in [6.45, 7) is 0.0666. The predicted octanol–water partition coefficient (Wildman–Crippen LogP) is 6.00. The van der Waals surface area contributed by atoms with Crippen LogP contribution < -0.4 is 9.64 Å². The van der Waals surface area contributed by atoms with E-state index in [9.17, 15) is 26.7 Å². The smallest absolute Gasteiger partial charge is 0.417 e. The van der Waals surface area contributed by atoms with Crippen molar-refractivity contribution in [2.75, 3.05) is 25.5 Å². The Labute approximate surface area is 202 Å². The van der Waals surface area contributed by atoms with Crippen LogP contribution >= 0.6 is 11.6 Å². The second-order valence-corrected chi connectivity index (χ2v) is 7.78. The van der Waals surface area contributed by atoms with Crippen molar-refractivity contribution in [2.24, 2.45) is 0 Å². The van der Waals surface area contributed by atoms with Gasteiger partial charge in [0, 0.05) is 32.9 Å². The lowest BCUT2D eigenvalue weighted by molar-refractivity contribution is -0.137. The number of rotatable bonds is 7. The molecular weight excluding hydrogens is 497 g/mol. The zero-order valence-electron chi connectivity index (χ0n) is 18.4. The molecule has 0 bridgehead atoms. The van der Waals surface area contributed by atoms with Gasteiger partial charge in [0.15, 0.2) is 5.82 Å². The summed E-state index contributed by atoms with van der Waals surface area (Å²) in [5.41, 5.74) is -0.804. The monoisotopic (exact) mass is 515 g/mol. The van der Waals surface area contributed by atoms with Crippen molar-refractivity contribution in [3.63, 3.8) is 0 Å². The maximum atomic E-state index is 13.2. The number of pyridine rings is 1. The van der Waals surface area contributed by atoms with E-state index in [1.165, 1.54) is 23.9 Å². The van der Waals surface area contributed by atoms with Gasteiger partial charge in [-0.2, -0.15) is 13.2 Å². The summed E-state index contributed by atoms with van der Waals surface area (Å²) in [5.74, 6) is 0.188. The lowest BCUT2D eigenvalue weighted by atomic mass is 10.1. The number of benzene rings is 1. The predicted molar refractivity (Wildman–Crippen MR) is 118 cm³/mol. The topological polar surface area (TPSA) is 71.5 Å². The van der Waals surface area contributed by atoms with Crippen molar-refractivity contribution in [2.45, 2.75) is 19.0 Å². The standard InChI is InChI=1S/C22H19ClF5N5O2/c1-32(2)21(34)33(20-17(23)18(19(24)25)30-12-31-20)10-9-13-3-6-15(7-4-13)35-16-8-5-14(11-29-16)22(26,27)28/h3-8,11-12,19H,9-10H2,1-2H3. The number of nitrogens with zero attached hydrogens (tertiary/aromatic N) is 5. The summed E-state index contributed by atoms with van der Waals surface area (Å²) in [6.07, 6.45) is -5.53. The van der Waals surface area contributed by atoms with Gasteiger partial charge < -0.3 is 9.64 Å². The molecule has 7 nitrogen and oxygen atoms in total. The van der Waals surface area contributed by atoms with E-state index < -0.39 is 34.9 Å². The molecule has 35 heavy (non-hydrogen) atoms. The molecule has 0 aliphatic rings. The number of halogens is 6. The van der Waals surface area contributed by atoms with Crippen molar-refractivity contribution in [3.8, 4) is 11.6 Å². The first-order valence-corrected chi connectivity index (χ1v) is 10.4. The Morgan fingerprint density at radius 3 is 2.29 bits per heavy atom. The summed E-state index contributed by atoms with van der Waals surface area (Å²) in [5, 5.41) is -0.412. The number of alkyl halides is 5. The number of carbonyl (C=O) groups excluding carboxylic acids is 1.